The molecule has 0 fully saturated rings. The molecule has 1 rings (SSSR count). The minimum atomic E-state index is 1.02. The molecule has 0 N–H and O–H groups in total. The Morgan fingerprint density at radius 3 is 2.69 bits per heavy atom. The predicted octanol–water partition coefficient (Wildman–Crippen LogP) is 3.44. The molecule has 2 nitrogen and oxygen atoms in total. The van der Waals surface area contributed by atoms with E-state index in [-0.39, 0.29) is 0 Å². The molecule has 0 bridgehead atoms. The number of aromatic nitrogens is 1. The van der Waals surface area contributed by atoms with E-state index in [1.807, 2.05) is 44.2 Å². The lowest BCUT2D eigenvalue weighted by Gasteiger charge is -2.00. The molecule has 84 valence electrons. The van der Waals surface area contributed by atoms with Crippen LogP contribution in [0.2, 0.25) is 0 Å². The van der Waals surface area contributed by atoms with Crippen molar-refractivity contribution in [1.82, 2.24) is 4.98 Å². The zero-order chi connectivity index (χ0) is 12.0. The monoisotopic (exact) mass is 214 g/mol. The summed E-state index contributed by atoms with van der Waals surface area (Å²) >= 11 is 0. The van der Waals surface area contributed by atoms with Crippen LogP contribution < -0.4 is 0 Å². The number of hydrogen-bond donors (Lipinski definition) is 0. The van der Waals surface area contributed by atoms with Gasteiger partial charge in [0.25, 0.3) is 0 Å². The van der Waals surface area contributed by atoms with Crippen molar-refractivity contribution in [2.45, 2.75) is 20.8 Å². The minimum absolute atomic E-state index is 1.02. The molecule has 0 saturated carbocycles. The Morgan fingerprint density at radius 2 is 2.06 bits per heavy atom. The number of hydrogen-bond acceptors (Lipinski definition) is 2. The summed E-state index contributed by atoms with van der Waals surface area (Å²) in [6.45, 7) is 6.04. The van der Waals surface area contributed by atoms with Crippen LogP contribution in [0.4, 0.5) is 0 Å². The van der Waals surface area contributed by atoms with Crippen molar-refractivity contribution in [2.75, 3.05) is 7.05 Å². The molecule has 1 aromatic rings. The second-order valence-corrected chi connectivity index (χ2v) is 3.74. The zero-order valence-corrected chi connectivity index (χ0v) is 10.4. The first-order chi connectivity index (χ1) is 7.63. The van der Waals surface area contributed by atoms with E-state index in [9.17, 15) is 0 Å². The van der Waals surface area contributed by atoms with Crippen LogP contribution in [-0.2, 0) is 0 Å². The topological polar surface area (TPSA) is 25.2 Å². The van der Waals surface area contributed by atoms with Gasteiger partial charge < -0.3 is 0 Å². The summed E-state index contributed by atoms with van der Waals surface area (Å²) in [5, 5.41) is 0. The zero-order valence-electron chi connectivity index (χ0n) is 10.4. The third kappa shape index (κ3) is 3.81. The lowest BCUT2D eigenvalue weighted by atomic mass is 10.1. The number of pyridine rings is 1. The van der Waals surface area contributed by atoms with Gasteiger partial charge in [0, 0.05) is 18.5 Å². The van der Waals surface area contributed by atoms with Crippen molar-refractivity contribution in [3.63, 3.8) is 0 Å². The molecule has 0 unspecified atom stereocenters. The molecule has 0 saturated heterocycles. The average Bonchev–Trinajstić information content (AvgIpc) is 2.28. The van der Waals surface area contributed by atoms with Gasteiger partial charge in [-0.05, 0) is 44.6 Å². The van der Waals surface area contributed by atoms with Crippen molar-refractivity contribution in [2.24, 2.45) is 4.99 Å². The van der Waals surface area contributed by atoms with Gasteiger partial charge in [0.1, 0.15) is 0 Å². The Labute approximate surface area is 97.5 Å². The second kappa shape index (κ2) is 6.01. The molecule has 0 radical (unpaired) electrons. The van der Waals surface area contributed by atoms with Gasteiger partial charge in [-0.2, -0.15) is 0 Å². The first kappa shape index (κ1) is 12.4. The molecule has 0 atom stereocenters. The SMILES string of the molecule is C\N=C(C)/C=C\C=C(/C)c1cccc(C)n1. The molecule has 0 aliphatic carbocycles. The molecule has 1 aromatic heterocycles. The molecule has 0 spiro atoms. The first-order valence-electron chi connectivity index (χ1n) is 5.36. The third-order valence-corrected chi connectivity index (χ3v) is 2.33. The van der Waals surface area contributed by atoms with Crippen LogP contribution in [0.15, 0.2) is 41.4 Å². The van der Waals surface area contributed by atoms with Gasteiger partial charge in [0.2, 0.25) is 0 Å². The largest absolute Gasteiger partial charge is 0.293 e. The fraction of sp³-hybridized carbons (Fsp3) is 0.286. The highest BCUT2D eigenvalue weighted by atomic mass is 14.7. The molecule has 16 heavy (non-hydrogen) atoms. The third-order valence-electron chi connectivity index (χ3n) is 2.33. The lowest BCUT2D eigenvalue weighted by Crippen LogP contribution is -1.88. The van der Waals surface area contributed by atoms with E-state index in [1.165, 1.54) is 0 Å². The average molecular weight is 214 g/mol. The van der Waals surface area contributed by atoms with E-state index in [0.717, 1.165) is 22.7 Å². The van der Waals surface area contributed by atoms with Gasteiger partial charge in [-0.1, -0.05) is 18.2 Å². The molecule has 2 heteroatoms. The maximum Gasteiger partial charge on any atom is 0.0661 e. The minimum Gasteiger partial charge on any atom is -0.293 e. The normalized spacial score (nSPS) is 13.5. The van der Waals surface area contributed by atoms with Crippen molar-refractivity contribution >= 4 is 11.3 Å². The summed E-state index contributed by atoms with van der Waals surface area (Å²) in [7, 11) is 1.79. The van der Waals surface area contributed by atoms with E-state index >= 15 is 0 Å². The summed E-state index contributed by atoms with van der Waals surface area (Å²) < 4.78 is 0. The van der Waals surface area contributed by atoms with Gasteiger partial charge in [-0.3, -0.25) is 9.98 Å². The maximum atomic E-state index is 4.46. The smallest absolute Gasteiger partial charge is 0.0661 e. The standard InChI is InChI=1S/C14H18N2/c1-11(7-5-8-12(2)15-4)14-10-6-9-13(3)16-14/h5-10H,1-4H3/b8-5-,11-7+,15-12-. The van der Waals surface area contributed by atoms with Gasteiger partial charge in [-0.25, -0.2) is 0 Å². The van der Waals surface area contributed by atoms with Gasteiger partial charge in [0.15, 0.2) is 0 Å². The van der Waals surface area contributed by atoms with E-state index in [1.54, 1.807) is 7.05 Å². The summed E-state index contributed by atoms with van der Waals surface area (Å²) in [6.07, 6.45) is 6.04. The molecule has 1 heterocycles. The highest BCUT2D eigenvalue weighted by molar-refractivity contribution is 5.93. The van der Waals surface area contributed by atoms with Crippen LogP contribution in [0.5, 0.6) is 0 Å². The van der Waals surface area contributed by atoms with E-state index < -0.39 is 0 Å². The number of aliphatic imine (C=N–C) groups is 1. The lowest BCUT2D eigenvalue weighted by molar-refractivity contribution is 1.17. The molecule has 0 aromatic carbocycles. The van der Waals surface area contributed by atoms with Crippen LogP contribution in [-0.4, -0.2) is 17.7 Å². The highest BCUT2D eigenvalue weighted by Crippen LogP contribution is 2.11. The Hall–Kier alpha value is -1.70. The summed E-state index contributed by atoms with van der Waals surface area (Å²) in [5.41, 5.74) is 4.24. The van der Waals surface area contributed by atoms with E-state index in [2.05, 4.69) is 23.0 Å². The second-order valence-electron chi connectivity index (χ2n) is 3.74. The highest BCUT2D eigenvalue weighted by Gasteiger charge is 1.95. The van der Waals surface area contributed by atoms with E-state index in [0.29, 0.717) is 0 Å². The molecular weight excluding hydrogens is 196 g/mol. The summed E-state index contributed by atoms with van der Waals surface area (Å²) in [4.78, 5) is 8.52. The Morgan fingerprint density at radius 1 is 1.31 bits per heavy atom. The summed E-state index contributed by atoms with van der Waals surface area (Å²) in [6, 6.07) is 6.05. The van der Waals surface area contributed by atoms with Crippen LogP contribution in [0.1, 0.15) is 25.2 Å². The van der Waals surface area contributed by atoms with Crippen LogP contribution in [0.3, 0.4) is 0 Å². The number of rotatable bonds is 3. The van der Waals surface area contributed by atoms with Gasteiger partial charge in [0.05, 0.1) is 5.69 Å². The maximum absolute atomic E-state index is 4.46. The van der Waals surface area contributed by atoms with Crippen molar-refractivity contribution < 1.29 is 0 Å². The van der Waals surface area contributed by atoms with Crippen molar-refractivity contribution in [3.8, 4) is 0 Å². The van der Waals surface area contributed by atoms with Gasteiger partial charge >= 0.3 is 0 Å². The molecular formula is C14H18N2. The fourth-order valence-electron chi connectivity index (χ4n) is 1.25. The van der Waals surface area contributed by atoms with Gasteiger partial charge in [-0.15, -0.1) is 0 Å². The molecule has 0 amide bonds. The molecule has 0 aliphatic heterocycles. The van der Waals surface area contributed by atoms with E-state index in [4.69, 9.17) is 0 Å². The van der Waals surface area contributed by atoms with Crippen LogP contribution >= 0.6 is 0 Å². The van der Waals surface area contributed by atoms with Crippen LogP contribution in [0.25, 0.3) is 5.57 Å². The Bertz CT molecular complexity index is 440. The quantitative estimate of drug-likeness (QED) is 0.559. The summed E-state index contributed by atoms with van der Waals surface area (Å²) in [5.74, 6) is 0. The predicted molar refractivity (Wildman–Crippen MR) is 70.8 cm³/mol. The van der Waals surface area contributed by atoms with Crippen molar-refractivity contribution in [1.29, 1.82) is 0 Å². The molecule has 0 aliphatic rings. The number of allylic oxidation sites excluding steroid dienone is 4. The van der Waals surface area contributed by atoms with Crippen LogP contribution in [0, 0.1) is 6.92 Å². The number of aryl methyl sites for hydroxylation is 1. The Kier molecular flexibility index (Phi) is 4.65. The first-order valence-corrected chi connectivity index (χ1v) is 5.36. The fourth-order valence-corrected chi connectivity index (χ4v) is 1.25. The number of nitrogens with zero attached hydrogens (tertiary/aromatic N) is 2. The Balaban J connectivity index is 2.82. The van der Waals surface area contributed by atoms with Crippen molar-refractivity contribution in [3.05, 3.63) is 47.8 Å².